The smallest absolute Gasteiger partial charge is 0.242 e. The second-order valence-corrected chi connectivity index (χ2v) is 9.93. The molecule has 162 valence electrons. The van der Waals surface area contributed by atoms with Gasteiger partial charge in [0.1, 0.15) is 5.25 Å². The first-order valence-corrected chi connectivity index (χ1v) is 12.1. The fourth-order valence-electron chi connectivity index (χ4n) is 3.41. The number of nitrogens with zero attached hydrogens (tertiary/aromatic N) is 2. The predicted octanol–water partition coefficient (Wildman–Crippen LogP) is 5.22. The van der Waals surface area contributed by atoms with Crippen molar-refractivity contribution in [2.24, 2.45) is 0 Å². The van der Waals surface area contributed by atoms with Crippen molar-refractivity contribution in [3.8, 4) is 0 Å². The van der Waals surface area contributed by atoms with Gasteiger partial charge >= 0.3 is 0 Å². The van der Waals surface area contributed by atoms with Crippen LogP contribution in [0.2, 0.25) is 0 Å². The third kappa shape index (κ3) is 5.84. The summed E-state index contributed by atoms with van der Waals surface area (Å²) >= 11 is 2.88. The molecule has 2 aromatic carbocycles. The van der Waals surface area contributed by atoms with Gasteiger partial charge in [-0.15, -0.1) is 10.2 Å². The van der Waals surface area contributed by atoms with Gasteiger partial charge in [0.25, 0.3) is 0 Å². The molecule has 0 saturated carbocycles. The van der Waals surface area contributed by atoms with E-state index in [2.05, 4.69) is 20.8 Å². The van der Waals surface area contributed by atoms with Crippen LogP contribution in [0.4, 0.5) is 10.8 Å². The number of ether oxygens (including phenoxy) is 1. The molecule has 2 heterocycles. The van der Waals surface area contributed by atoms with Gasteiger partial charge in [0.15, 0.2) is 4.34 Å². The molecule has 1 aromatic heterocycles. The molecule has 2 N–H and O–H groups in total. The lowest BCUT2D eigenvalue weighted by atomic mass is 10.1. The number of nitrogens with one attached hydrogen (secondary N) is 2. The lowest BCUT2D eigenvalue weighted by Crippen LogP contribution is -2.19. The Bertz CT molecular complexity index is 1020. The maximum atomic E-state index is 13.3. The fourth-order valence-corrected chi connectivity index (χ4v) is 5.36. The number of aryl methyl sites for hydroxylation is 2. The second kappa shape index (κ2) is 10.3. The van der Waals surface area contributed by atoms with Crippen LogP contribution in [-0.2, 0) is 9.53 Å². The van der Waals surface area contributed by atoms with E-state index in [4.69, 9.17) is 4.74 Å². The van der Waals surface area contributed by atoms with E-state index in [1.807, 2.05) is 62.4 Å². The van der Waals surface area contributed by atoms with Crippen LogP contribution in [0.3, 0.4) is 0 Å². The van der Waals surface area contributed by atoms with E-state index in [1.165, 1.54) is 23.1 Å². The minimum absolute atomic E-state index is 0.0750. The highest BCUT2D eigenvalue weighted by Gasteiger charge is 2.25. The van der Waals surface area contributed by atoms with Crippen LogP contribution in [0.15, 0.2) is 52.9 Å². The highest BCUT2D eigenvalue weighted by molar-refractivity contribution is 8.02. The number of thioether (sulfide) groups is 1. The summed E-state index contributed by atoms with van der Waals surface area (Å²) in [7, 11) is 0. The lowest BCUT2D eigenvalue weighted by Gasteiger charge is -2.17. The standard InChI is InChI=1S/C23H26N4O2S2/c1-15-10-11-16(2)19(13-15)25-21(28)20(17-7-4-3-5-8-17)30-23-27-26-22(31-23)24-14-18-9-6-12-29-18/h3-5,7-8,10-11,13,18,20H,6,9,12,14H2,1-2H3,(H,24,26)(H,25,28). The molecule has 1 aliphatic rings. The quantitative estimate of drug-likeness (QED) is 0.455. The van der Waals surface area contributed by atoms with Crippen LogP contribution in [0.5, 0.6) is 0 Å². The first kappa shape index (κ1) is 21.8. The Balaban J connectivity index is 1.48. The summed E-state index contributed by atoms with van der Waals surface area (Å²) in [5.41, 5.74) is 3.91. The average molecular weight is 455 g/mol. The molecule has 0 bridgehead atoms. The van der Waals surface area contributed by atoms with E-state index in [0.29, 0.717) is 0 Å². The molecule has 1 fully saturated rings. The number of rotatable bonds is 8. The maximum Gasteiger partial charge on any atom is 0.242 e. The van der Waals surface area contributed by atoms with Gasteiger partial charge in [-0.1, -0.05) is 65.6 Å². The van der Waals surface area contributed by atoms with E-state index < -0.39 is 5.25 Å². The number of hydrogen-bond donors (Lipinski definition) is 2. The van der Waals surface area contributed by atoms with Crippen LogP contribution >= 0.6 is 23.1 Å². The van der Waals surface area contributed by atoms with Gasteiger partial charge in [0, 0.05) is 18.8 Å². The Morgan fingerprint density at radius 2 is 2.06 bits per heavy atom. The fraction of sp³-hybridized carbons (Fsp3) is 0.348. The van der Waals surface area contributed by atoms with Crippen molar-refractivity contribution < 1.29 is 9.53 Å². The molecule has 0 aliphatic carbocycles. The molecule has 3 aromatic rings. The number of carbonyl (C=O) groups is 1. The van der Waals surface area contributed by atoms with Gasteiger partial charge in [-0.05, 0) is 49.4 Å². The van der Waals surface area contributed by atoms with Crippen molar-refractivity contribution in [2.45, 2.75) is 42.4 Å². The Morgan fingerprint density at radius 3 is 2.84 bits per heavy atom. The number of anilines is 2. The minimum atomic E-state index is -0.430. The Hall–Kier alpha value is -2.42. The van der Waals surface area contributed by atoms with Crippen molar-refractivity contribution in [2.75, 3.05) is 23.8 Å². The highest BCUT2D eigenvalue weighted by atomic mass is 32.2. The summed E-state index contributed by atoms with van der Waals surface area (Å²) in [4.78, 5) is 13.3. The molecule has 31 heavy (non-hydrogen) atoms. The molecular weight excluding hydrogens is 428 g/mol. The van der Waals surface area contributed by atoms with Crippen LogP contribution in [0.1, 0.15) is 34.8 Å². The largest absolute Gasteiger partial charge is 0.376 e. The molecule has 1 amide bonds. The van der Waals surface area contributed by atoms with Gasteiger partial charge in [-0.2, -0.15) is 0 Å². The molecule has 2 unspecified atom stereocenters. The number of hydrogen-bond acceptors (Lipinski definition) is 7. The predicted molar refractivity (Wildman–Crippen MR) is 127 cm³/mol. The summed E-state index contributed by atoms with van der Waals surface area (Å²) in [6, 6.07) is 15.8. The van der Waals surface area contributed by atoms with E-state index >= 15 is 0 Å². The van der Waals surface area contributed by atoms with E-state index in [0.717, 1.165) is 57.8 Å². The third-order valence-corrected chi connectivity index (χ3v) is 7.34. The number of carbonyl (C=O) groups excluding carboxylic acids is 1. The van der Waals surface area contributed by atoms with Gasteiger partial charge in [-0.25, -0.2) is 0 Å². The molecule has 1 aliphatic heterocycles. The van der Waals surface area contributed by atoms with Crippen molar-refractivity contribution in [3.05, 3.63) is 65.2 Å². The molecule has 6 nitrogen and oxygen atoms in total. The number of aromatic nitrogens is 2. The molecule has 8 heteroatoms. The van der Waals surface area contributed by atoms with Crippen molar-refractivity contribution >= 4 is 39.8 Å². The van der Waals surface area contributed by atoms with Gasteiger partial charge < -0.3 is 15.4 Å². The summed E-state index contributed by atoms with van der Waals surface area (Å²) in [5, 5.41) is 15.3. The molecule has 2 atom stereocenters. The van der Waals surface area contributed by atoms with Crippen LogP contribution in [-0.4, -0.2) is 35.4 Å². The zero-order valence-electron chi connectivity index (χ0n) is 17.6. The second-order valence-electron chi connectivity index (χ2n) is 7.61. The topological polar surface area (TPSA) is 76.1 Å². The number of benzene rings is 2. The van der Waals surface area contributed by atoms with Crippen molar-refractivity contribution in [1.82, 2.24) is 10.2 Å². The monoisotopic (exact) mass is 454 g/mol. The molecule has 0 spiro atoms. The first-order valence-electron chi connectivity index (χ1n) is 10.4. The maximum absolute atomic E-state index is 13.3. The van der Waals surface area contributed by atoms with Gasteiger partial charge in [0.2, 0.25) is 11.0 Å². The summed E-state index contributed by atoms with van der Waals surface area (Å²) in [5.74, 6) is -0.0750. The third-order valence-electron chi connectivity index (χ3n) is 5.12. The summed E-state index contributed by atoms with van der Waals surface area (Å²) in [6.07, 6.45) is 2.42. The molecule has 0 radical (unpaired) electrons. The van der Waals surface area contributed by atoms with E-state index in [9.17, 15) is 4.79 Å². The summed E-state index contributed by atoms with van der Waals surface area (Å²) in [6.45, 7) is 5.58. The molecule has 4 rings (SSSR count). The van der Waals surface area contributed by atoms with Crippen LogP contribution in [0, 0.1) is 13.8 Å². The first-order chi connectivity index (χ1) is 15.1. The highest BCUT2D eigenvalue weighted by Crippen LogP contribution is 2.39. The lowest BCUT2D eigenvalue weighted by molar-refractivity contribution is -0.115. The van der Waals surface area contributed by atoms with Crippen LogP contribution < -0.4 is 10.6 Å². The molecular formula is C23H26N4O2S2. The van der Waals surface area contributed by atoms with Gasteiger partial charge in [-0.3, -0.25) is 4.79 Å². The van der Waals surface area contributed by atoms with Crippen LogP contribution in [0.25, 0.3) is 0 Å². The number of amides is 1. The van der Waals surface area contributed by atoms with Crippen molar-refractivity contribution in [1.29, 1.82) is 0 Å². The SMILES string of the molecule is Cc1ccc(C)c(NC(=O)C(Sc2nnc(NCC3CCCO3)s2)c2ccccc2)c1. The Morgan fingerprint density at radius 1 is 1.23 bits per heavy atom. The van der Waals surface area contributed by atoms with Gasteiger partial charge in [0.05, 0.1) is 6.10 Å². The van der Waals surface area contributed by atoms with Crippen molar-refractivity contribution in [3.63, 3.8) is 0 Å². The zero-order valence-corrected chi connectivity index (χ0v) is 19.3. The average Bonchev–Trinajstić information content (AvgIpc) is 3.45. The normalized spacial score (nSPS) is 16.8. The Kier molecular flexibility index (Phi) is 7.21. The summed E-state index contributed by atoms with van der Waals surface area (Å²) < 4.78 is 6.40. The molecule has 1 saturated heterocycles. The van der Waals surface area contributed by atoms with E-state index in [1.54, 1.807) is 0 Å². The zero-order chi connectivity index (χ0) is 21.6. The Labute approximate surface area is 190 Å². The van der Waals surface area contributed by atoms with E-state index in [-0.39, 0.29) is 12.0 Å². The minimum Gasteiger partial charge on any atom is -0.376 e.